The van der Waals surface area contributed by atoms with Crippen LogP contribution >= 0.6 is 11.6 Å². The number of rotatable bonds is 6. The molecule has 0 aromatic heterocycles. The highest BCUT2D eigenvalue weighted by Gasteiger charge is 2.33. The maximum Gasteiger partial charge on any atom is 0.329 e. The Balaban J connectivity index is 1.71. The molecule has 0 bridgehead atoms. The van der Waals surface area contributed by atoms with E-state index in [0.29, 0.717) is 5.02 Å². The normalized spacial score (nSPS) is 16.6. The van der Waals surface area contributed by atoms with Gasteiger partial charge >= 0.3 is 6.03 Å². The van der Waals surface area contributed by atoms with E-state index >= 15 is 0 Å². The highest BCUT2D eigenvalue weighted by atomic mass is 35.5. The van der Waals surface area contributed by atoms with E-state index in [4.69, 9.17) is 16.3 Å². The first kappa shape index (κ1) is 19.0. The molecule has 1 saturated heterocycles. The van der Waals surface area contributed by atoms with E-state index in [0.717, 1.165) is 23.3 Å². The van der Waals surface area contributed by atoms with Crippen LogP contribution < -0.4 is 10.1 Å². The van der Waals surface area contributed by atoms with Crippen molar-refractivity contribution >= 4 is 29.6 Å². The molecule has 5 nitrogen and oxygen atoms in total. The molecule has 0 radical (unpaired) electrons. The van der Waals surface area contributed by atoms with E-state index in [1.165, 1.54) is 4.90 Å². The molecule has 27 heavy (non-hydrogen) atoms. The summed E-state index contributed by atoms with van der Waals surface area (Å²) in [6.07, 6.45) is 2.73. The van der Waals surface area contributed by atoms with Crippen LogP contribution in [-0.4, -0.2) is 22.9 Å². The molecule has 1 N–H and O–H groups in total. The number of imide groups is 1. The van der Waals surface area contributed by atoms with E-state index in [-0.39, 0.29) is 24.3 Å². The fraction of sp³-hybridized carbons (Fsp3) is 0.238. The number of carbonyl (C=O) groups is 2. The van der Waals surface area contributed by atoms with Crippen molar-refractivity contribution in [3.05, 3.63) is 70.4 Å². The quantitative estimate of drug-likeness (QED) is 0.584. The topological polar surface area (TPSA) is 58.6 Å². The summed E-state index contributed by atoms with van der Waals surface area (Å²) in [5, 5.41) is 3.24. The van der Waals surface area contributed by atoms with Crippen molar-refractivity contribution in [2.24, 2.45) is 0 Å². The number of amides is 3. The Labute approximate surface area is 163 Å². The molecule has 1 unspecified atom stereocenters. The maximum atomic E-state index is 12.6. The van der Waals surface area contributed by atoms with Crippen molar-refractivity contribution < 1.29 is 14.3 Å². The van der Waals surface area contributed by atoms with Crippen molar-refractivity contribution in [3.8, 4) is 5.75 Å². The lowest BCUT2D eigenvalue weighted by Gasteiger charge is -2.12. The number of benzene rings is 2. The zero-order chi connectivity index (χ0) is 19.4. The van der Waals surface area contributed by atoms with Crippen molar-refractivity contribution in [1.82, 2.24) is 10.2 Å². The number of hydrogen-bond acceptors (Lipinski definition) is 3. The predicted octanol–water partition coefficient (Wildman–Crippen LogP) is 4.61. The van der Waals surface area contributed by atoms with E-state index < -0.39 is 6.03 Å². The van der Waals surface area contributed by atoms with Gasteiger partial charge in [0.15, 0.2) is 0 Å². The van der Waals surface area contributed by atoms with Crippen LogP contribution in [0.1, 0.15) is 31.4 Å². The molecule has 1 fully saturated rings. The molecule has 140 valence electrons. The lowest BCUT2D eigenvalue weighted by molar-refractivity contribution is -0.123. The van der Waals surface area contributed by atoms with E-state index in [9.17, 15) is 9.59 Å². The van der Waals surface area contributed by atoms with Crippen LogP contribution in [0.5, 0.6) is 5.75 Å². The van der Waals surface area contributed by atoms with E-state index in [2.05, 4.69) is 12.2 Å². The lowest BCUT2D eigenvalue weighted by Crippen LogP contribution is -2.30. The number of nitrogens with one attached hydrogen (secondary N) is 1. The van der Waals surface area contributed by atoms with Gasteiger partial charge in [0, 0.05) is 5.02 Å². The van der Waals surface area contributed by atoms with Gasteiger partial charge in [0.2, 0.25) is 0 Å². The number of hydrogen-bond donors (Lipinski definition) is 1. The first-order valence-electron chi connectivity index (χ1n) is 8.82. The second-order valence-corrected chi connectivity index (χ2v) is 6.85. The van der Waals surface area contributed by atoms with Crippen LogP contribution in [0.4, 0.5) is 4.79 Å². The Morgan fingerprint density at radius 2 is 1.78 bits per heavy atom. The van der Waals surface area contributed by atoms with Crippen LogP contribution in [0.25, 0.3) is 6.08 Å². The molecular weight excluding hydrogens is 364 g/mol. The second-order valence-electron chi connectivity index (χ2n) is 6.41. The average Bonchev–Trinajstić information content (AvgIpc) is 2.92. The van der Waals surface area contributed by atoms with Crippen molar-refractivity contribution in [2.75, 3.05) is 0 Å². The molecule has 1 aliphatic rings. The molecule has 6 heteroatoms. The van der Waals surface area contributed by atoms with Gasteiger partial charge in [-0.1, -0.05) is 42.8 Å². The van der Waals surface area contributed by atoms with Crippen LogP contribution in [0.2, 0.25) is 5.02 Å². The third-order valence-corrected chi connectivity index (χ3v) is 4.57. The third-order valence-electron chi connectivity index (χ3n) is 4.32. The summed E-state index contributed by atoms with van der Waals surface area (Å²) in [5.74, 6) is 0.424. The second kappa shape index (κ2) is 8.27. The van der Waals surface area contributed by atoms with Crippen LogP contribution in [0.3, 0.4) is 0 Å². The van der Waals surface area contributed by atoms with Crippen LogP contribution in [-0.2, 0) is 11.3 Å². The average molecular weight is 385 g/mol. The maximum absolute atomic E-state index is 12.6. The first-order chi connectivity index (χ1) is 13.0. The molecule has 0 aliphatic carbocycles. The molecule has 2 aromatic carbocycles. The van der Waals surface area contributed by atoms with E-state index in [1.807, 2.05) is 31.2 Å². The number of ether oxygens (including phenoxy) is 1. The monoisotopic (exact) mass is 384 g/mol. The van der Waals surface area contributed by atoms with Crippen molar-refractivity contribution in [2.45, 2.75) is 32.9 Å². The van der Waals surface area contributed by atoms with Crippen LogP contribution in [0.15, 0.2) is 54.2 Å². The Kier molecular flexibility index (Phi) is 5.81. The first-order valence-corrected chi connectivity index (χ1v) is 9.19. The molecule has 1 aliphatic heterocycles. The zero-order valence-electron chi connectivity index (χ0n) is 15.2. The molecular formula is C21H21ClN2O3. The van der Waals surface area contributed by atoms with Gasteiger partial charge in [0.1, 0.15) is 11.4 Å². The minimum absolute atomic E-state index is 0.145. The summed E-state index contributed by atoms with van der Waals surface area (Å²) in [4.78, 5) is 25.9. The van der Waals surface area contributed by atoms with Gasteiger partial charge in [-0.2, -0.15) is 0 Å². The summed E-state index contributed by atoms with van der Waals surface area (Å²) >= 11 is 5.87. The molecule has 0 saturated carbocycles. The van der Waals surface area contributed by atoms with Gasteiger partial charge in [0.05, 0.1) is 12.6 Å². The Morgan fingerprint density at radius 1 is 1.11 bits per heavy atom. The Morgan fingerprint density at radius 3 is 2.41 bits per heavy atom. The van der Waals surface area contributed by atoms with Crippen LogP contribution in [0, 0.1) is 0 Å². The molecule has 1 heterocycles. The van der Waals surface area contributed by atoms with Gasteiger partial charge in [-0.25, -0.2) is 4.79 Å². The van der Waals surface area contributed by atoms with Crippen molar-refractivity contribution in [3.63, 3.8) is 0 Å². The largest absolute Gasteiger partial charge is 0.491 e. The number of nitrogens with zero attached hydrogens (tertiary/aromatic N) is 1. The number of urea groups is 1. The fourth-order valence-corrected chi connectivity index (χ4v) is 2.74. The summed E-state index contributed by atoms with van der Waals surface area (Å²) < 4.78 is 5.74. The van der Waals surface area contributed by atoms with Gasteiger partial charge in [-0.3, -0.25) is 9.69 Å². The summed E-state index contributed by atoms with van der Waals surface area (Å²) in [6.45, 7) is 4.27. The fourth-order valence-electron chi connectivity index (χ4n) is 2.61. The lowest BCUT2D eigenvalue weighted by atomic mass is 10.1. The SMILES string of the molecule is CCC(C)Oc1ccc(/C=C2/NC(=O)N(Cc3ccc(Cl)cc3)C2=O)cc1. The highest BCUT2D eigenvalue weighted by molar-refractivity contribution is 6.30. The van der Waals surface area contributed by atoms with E-state index in [1.54, 1.807) is 30.3 Å². The molecule has 2 aromatic rings. The summed E-state index contributed by atoms with van der Waals surface area (Å²) in [5.41, 5.74) is 1.89. The van der Waals surface area contributed by atoms with Gasteiger partial charge in [-0.15, -0.1) is 0 Å². The highest BCUT2D eigenvalue weighted by Crippen LogP contribution is 2.20. The smallest absolute Gasteiger partial charge is 0.329 e. The zero-order valence-corrected chi connectivity index (χ0v) is 16.0. The minimum atomic E-state index is -0.432. The molecule has 3 amide bonds. The molecule has 1 atom stereocenters. The third kappa shape index (κ3) is 4.68. The minimum Gasteiger partial charge on any atom is -0.491 e. The molecule has 3 rings (SSSR count). The predicted molar refractivity (Wildman–Crippen MR) is 105 cm³/mol. The standard InChI is InChI=1S/C21H21ClN2O3/c1-3-14(2)27-18-10-6-15(7-11-18)12-19-20(25)24(21(26)23-19)13-16-4-8-17(22)9-5-16/h4-12,14H,3,13H2,1-2H3,(H,23,26)/b19-12+. The van der Waals surface area contributed by atoms with Gasteiger partial charge in [0.25, 0.3) is 5.91 Å². The van der Waals surface area contributed by atoms with Gasteiger partial charge < -0.3 is 10.1 Å². The summed E-state index contributed by atoms with van der Waals surface area (Å²) in [7, 11) is 0. The van der Waals surface area contributed by atoms with Gasteiger partial charge in [-0.05, 0) is 54.8 Å². The Hall–Kier alpha value is -2.79. The number of halogens is 1. The number of carbonyl (C=O) groups excluding carboxylic acids is 2. The van der Waals surface area contributed by atoms with Crippen molar-refractivity contribution in [1.29, 1.82) is 0 Å². The Bertz CT molecular complexity index is 860. The molecule has 0 spiro atoms. The summed E-state index contributed by atoms with van der Waals surface area (Å²) in [6, 6.07) is 14.0.